The molecule has 0 radical (unpaired) electrons. The summed E-state index contributed by atoms with van der Waals surface area (Å²) in [5, 5.41) is 10.5. The highest BCUT2D eigenvalue weighted by atomic mass is 32.1. The fourth-order valence-corrected chi connectivity index (χ4v) is 5.41. The summed E-state index contributed by atoms with van der Waals surface area (Å²) in [6, 6.07) is 15.9. The van der Waals surface area contributed by atoms with E-state index >= 15 is 0 Å². The summed E-state index contributed by atoms with van der Waals surface area (Å²) in [5.41, 5.74) is 10.5. The summed E-state index contributed by atoms with van der Waals surface area (Å²) < 4.78 is 27.0. The molecule has 2 heterocycles. The minimum Gasteiger partial charge on any atom is -0.497 e. The van der Waals surface area contributed by atoms with Crippen molar-refractivity contribution < 1.29 is 28.9 Å². The van der Waals surface area contributed by atoms with Crippen molar-refractivity contribution >= 4 is 51.5 Å². The van der Waals surface area contributed by atoms with E-state index in [9.17, 15) is 14.7 Å². The first kappa shape index (κ1) is 27.7. The topological polar surface area (TPSA) is 142 Å². The number of amides is 2. The fraction of sp³-hybridized carbons (Fsp3) is 0.241. The molecule has 11 nitrogen and oxygen atoms in total. The molecule has 0 aliphatic heterocycles. The van der Waals surface area contributed by atoms with Crippen molar-refractivity contribution in [3.63, 3.8) is 0 Å². The largest absolute Gasteiger partial charge is 0.512 e. The molecular weight excluding hydrogens is 546 g/mol. The van der Waals surface area contributed by atoms with Gasteiger partial charge < -0.3 is 29.6 Å². The van der Waals surface area contributed by atoms with E-state index in [0.29, 0.717) is 45.8 Å². The van der Waals surface area contributed by atoms with Gasteiger partial charge in [-0.15, -0.1) is 0 Å². The lowest BCUT2D eigenvalue weighted by Crippen LogP contribution is -2.36. The summed E-state index contributed by atoms with van der Waals surface area (Å²) in [6.07, 6.45) is 0.179. The number of unbranched alkanes of at least 4 members (excludes halogenated alkanes) is 1. The van der Waals surface area contributed by atoms with Crippen LogP contribution in [0.4, 0.5) is 15.3 Å². The van der Waals surface area contributed by atoms with Crippen LogP contribution in [0.15, 0.2) is 54.6 Å². The molecule has 0 fully saturated rings. The Morgan fingerprint density at radius 3 is 2.54 bits per heavy atom. The highest BCUT2D eigenvalue weighted by Gasteiger charge is 2.26. The van der Waals surface area contributed by atoms with Crippen molar-refractivity contribution in [2.45, 2.75) is 26.3 Å². The molecule has 3 N–H and O–H groups in total. The van der Waals surface area contributed by atoms with Gasteiger partial charge in [0.05, 0.1) is 43.6 Å². The van der Waals surface area contributed by atoms with Gasteiger partial charge in [-0.25, -0.2) is 9.59 Å². The van der Waals surface area contributed by atoms with Crippen LogP contribution >= 0.6 is 11.7 Å². The third kappa shape index (κ3) is 5.46. The minimum absolute atomic E-state index is 0.101. The molecule has 0 atom stereocenters. The lowest BCUT2D eigenvalue weighted by Gasteiger charge is -2.20. The number of benzene rings is 3. The second-order valence-electron chi connectivity index (χ2n) is 9.33. The number of hydrogen-bond acceptors (Lipinski definition) is 8. The number of ether oxygens (including phenoxy) is 3. The Morgan fingerprint density at radius 2 is 1.83 bits per heavy atom. The van der Waals surface area contributed by atoms with Gasteiger partial charge in [0.25, 0.3) is 0 Å². The van der Waals surface area contributed by atoms with Gasteiger partial charge in [0.15, 0.2) is 0 Å². The van der Waals surface area contributed by atoms with E-state index in [-0.39, 0.29) is 12.4 Å². The van der Waals surface area contributed by atoms with Crippen LogP contribution in [0.1, 0.15) is 25.3 Å². The Hall–Kier alpha value is -4.84. The van der Waals surface area contributed by atoms with E-state index in [2.05, 4.69) is 8.75 Å². The quantitative estimate of drug-likeness (QED) is 0.190. The number of methoxy groups -OCH3 is 2. The second-order valence-corrected chi connectivity index (χ2v) is 9.86. The summed E-state index contributed by atoms with van der Waals surface area (Å²) >= 11 is 1.13. The first-order valence-corrected chi connectivity index (χ1v) is 13.6. The van der Waals surface area contributed by atoms with E-state index in [1.54, 1.807) is 35.9 Å². The average molecular weight is 576 g/mol. The normalized spacial score (nSPS) is 11.1. The Balaban J connectivity index is 1.79. The number of nitrogens with two attached hydrogens (primary N) is 1. The molecule has 3 aromatic carbocycles. The maximum atomic E-state index is 12.4. The third-order valence-corrected chi connectivity index (χ3v) is 7.39. The van der Waals surface area contributed by atoms with Crippen LogP contribution in [0.25, 0.3) is 33.1 Å². The van der Waals surface area contributed by atoms with Gasteiger partial charge in [0, 0.05) is 29.2 Å². The summed E-state index contributed by atoms with van der Waals surface area (Å²) in [4.78, 5) is 26.0. The lowest BCUT2D eigenvalue weighted by molar-refractivity contribution is 0.141. The molecule has 0 aliphatic carbocycles. The maximum Gasteiger partial charge on any atom is 0.512 e. The van der Waals surface area contributed by atoms with Crippen LogP contribution in [-0.2, 0) is 6.54 Å². The van der Waals surface area contributed by atoms with Crippen LogP contribution in [0.3, 0.4) is 0 Å². The standard InChI is InChI=1S/C29H29N5O6S/c1-4-5-12-33(28(30)35)18-7-11-24-21(14-18)26(20-9-8-19(38-2)15-25(20)39-3)27(40-29(36)37)34(24)16-17-6-10-22-23(13-17)32-41-31-22/h6-11,13-15H,4-5,12,16H2,1-3H3,(H2,30,35)(H,36,37). The summed E-state index contributed by atoms with van der Waals surface area (Å²) in [5.74, 6) is 1.13. The predicted molar refractivity (Wildman–Crippen MR) is 157 cm³/mol. The zero-order valence-corrected chi connectivity index (χ0v) is 23.6. The smallest absolute Gasteiger partial charge is 0.497 e. The molecule has 0 saturated carbocycles. The van der Waals surface area contributed by atoms with Crippen LogP contribution in [0.5, 0.6) is 17.4 Å². The van der Waals surface area contributed by atoms with Crippen molar-refractivity contribution in [2.24, 2.45) is 5.73 Å². The zero-order chi connectivity index (χ0) is 29.1. The van der Waals surface area contributed by atoms with E-state index in [4.69, 9.17) is 19.9 Å². The van der Waals surface area contributed by atoms with Gasteiger partial charge in [-0.1, -0.05) is 19.4 Å². The fourth-order valence-electron chi connectivity index (χ4n) is 4.89. The number of aromatic nitrogens is 3. The third-order valence-electron chi connectivity index (χ3n) is 6.83. The van der Waals surface area contributed by atoms with Crippen molar-refractivity contribution in [1.29, 1.82) is 0 Å². The van der Waals surface area contributed by atoms with Gasteiger partial charge in [-0.3, -0.25) is 4.90 Å². The van der Waals surface area contributed by atoms with Crippen LogP contribution in [0, 0.1) is 0 Å². The summed E-state index contributed by atoms with van der Waals surface area (Å²) in [6.45, 7) is 2.75. The number of hydrogen-bond donors (Lipinski definition) is 2. The van der Waals surface area contributed by atoms with Gasteiger partial charge in [-0.2, -0.15) is 8.75 Å². The molecule has 212 valence electrons. The molecule has 0 saturated heterocycles. The van der Waals surface area contributed by atoms with Gasteiger partial charge in [-0.05, 0) is 54.4 Å². The predicted octanol–water partition coefficient (Wildman–Crippen LogP) is 6.12. The van der Waals surface area contributed by atoms with Gasteiger partial charge in [0.2, 0.25) is 5.88 Å². The number of anilines is 1. The number of urea groups is 1. The Labute approximate surface area is 240 Å². The van der Waals surface area contributed by atoms with E-state index < -0.39 is 12.2 Å². The number of carbonyl (C=O) groups is 2. The van der Waals surface area contributed by atoms with Crippen molar-refractivity contribution in [3.05, 3.63) is 60.2 Å². The number of fused-ring (bicyclic) bond motifs is 2. The minimum atomic E-state index is -1.47. The molecule has 5 rings (SSSR count). The number of primary amides is 1. The second kappa shape index (κ2) is 11.7. The molecule has 5 aromatic rings. The van der Waals surface area contributed by atoms with Crippen molar-refractivity contribution in [3.8, 4) is 28.5 Å². The molecule has 2 amide bonds. The molecule has 2 aromatic heterocycles. The average Bonchev–Trinajstić information content (AvgIpc) is 3.54. The molecule has 0 spiro atoms. The van der Waals surface area contributed by atoms with Crippen LogP contribution < -0.4 is 24.8 Å². The number of nitrogens with zero attached hydrogens (tertiary/aromatic N) is 4. The number of carbonyl (C=O) groups excluding carboxylic acids is 1. The number of carboxylic acid groups (broad SMARTS) is 1. The molecule has 0 unspecified atom stereocenters. The molecule has 0 bridgehead atoms. The monoisotopic (exact) mass is 575 g/mol. The first-order chi connectivity index (χ1) is 19.8. The highest BCUT2D eigenvalue weighted by Crippen LogP contribution is 2.46. The first-order valence-electron chi connectivity index (χ1n) is 12.9. The molecule has 0 aliphatic rings. The maximum absolute atomic E-state index is 12.4. The highest BCUT2D eigenvalue weighted by molar-refractivity contribution is 7.00. The summed E-state index contributed by atoms with van der Waals surface area (Å²) in [7, 11) is 3.08. The number of rotatable bonds is 10. The Morgan fingerprint density at radius 1 is 1.02 bits per heavy atom. The lowest BCUT2D eigenvalue weighted by atomic mass is 10.0. The van der Waals surface area contributed by atoms with E-state index in [0.717, 1.165) is 41.2 Å². The Kier molecular flexibility index (Phi) is 7.92. The SMILES string of the molecule is CCCCN(C(N)=O)c1ccc2c(c1)c(-c1ccc(OC)cc1OC)c(OC(=O)O)n2Cc1ccc2nsnc2c1. The van der Waals surface area contributed by atoms with Gasteiger partial charge >= 0.3 is 12.2 Å². The zero-order valence-electron chi connectivity index (χ0n) is 22.8. The van der Waals surface area contributed by atoms with Crippen LogP contribution in [0.2, 0.25) is 0 Å². The molecule has 12 heteroatoms. The molecular formula is C29H29N5O6S. The van der Waals surface area contributed by atoms with Crippen LogP contribution in [-0.4, -0.2) is 51.4 Å². The van der Waals surface area contributed by atoms with Crippen molar-refractivity contribution in [1.82, 2.24) is 13.3 Å². The van der Waals surface area contributed by atoms with Crippen molar-refractivity contribution in [2.75, 3.05) is 25.7 Å². The molecule has 41 heavy (non-hydrogen) atoms. The van der Waals surface area contributed by atoms with E-state index in [1.807, 2.05) is 37.3 Å². The van der Waals surface area contributed by atoms with Gasteiger partial charge in [0.1, 0.15) is 22.5 Å². The Bertz CT molecular complexity index is 1750. The van der Waals surface area contributed by atoms with E-state index in [1.165, 1.54) is 12.0 Å².